The molecule has 0 radical (unpaired) electrons. The zero-order chi connectivity index (χ0) is 19.3. The molecule has 1 aromatic heterocycles. The largest absolute Gasteiger partial charge is 0.375 e. The van der Waals surface area contributed by atoms with E-state index >= 15 is 0 Å². The van der Waals surface area contributed by atoms with Crippen LogP contribution >= 0.6 is 0 Å². The highest BCUT2D eigenvalue weighted by molar-refractivity contribution is 5.21. The zero-order valence-electron chi connectivity index (χ0n) is 16.5. The number of pyridine rings is 1. The van der Waals surface area contributed by atoms with Gasteiger partial charge in [-0.1, -0.05) is 31.0 Å². The Kier molecular flexibility index (Phi) is 5.94. The normalized spacial score (nSPS) is 23.6. The zero-order valence-corrected chi connectivity index (χ0v) is 16.5. The molecule has 1 aromatic carbocycles. The van der Waals surface area contributed by atoms with Crippen molar-refractivity contribution in [3.05, 3.63) is 65.7 Å². The summed E-state index contributed by atoms with van der Waals surface area (Å²) in [5.41, 5.74) is 2.01. The fourth-order valence-electron chi connectivity index (χ4n) is 5.06. The molecular weight excluding hydrogens is 351 g/mol. The van der Waals surface area contributed by atoms with Crippen LogP contribution in [0.25, 0.3) is 0 Å². The minimum atomic E-state index is -0.196. The predicted octanol–water partition coefficient (Wildman–Crippen LogP) is 4.40. The Morgan fingerprint density at radius 2 is 1.96 bits per heavy atom. The molecule has 1 N–H and O–H groups in total. The van der Waals surface area contributed by atoms with Crippen molar-refractivity contribution in [2.45, 2.75) is 62.4 Å². The average molecular weight is 381 g/mol. The first-order valence-electron chi connectivity index (χ1n) is 10.5. The minimum absolute atomic E-state index is 0.0509. The lowest BCUT2D eigenvalue weighted by molar-refractivity contribution is -0.104. The van der Waals surface area contributed by atoms with Crippen LogP contribution in [0.2, 0.25) is 0 Å². The van der Waals surface area contributed by atoms with E-state index in [0.717, 1.165) is 39.0 Å². The lowest BCUT2D eigenvalue weighted by atomic mass is 9.68. The van der Waals surface area contributed by atoms with Gasteiger partial charge < -0.3 is 10.1 Å². The molecule has 3 nitrogen and oxygen atoms in total. The van der Waals surface area contributed by atoms with Crippen LogP contribution in [0.15, 0.2) is 36.5 Å². The fraction of sp³-hybridized carbons (Fsp3) is 0.542. The van der Waals surface area contributed by atoms with E-state index in [1.54, 1.807) is 6.07 Å². The van der Waals surface area contributed by atoms with Crippen LogP contribution in [0.3, 0.4) is 0 Å². The van der Waals surface area contributed by atoms with Crippen LogP contribution < -0.4 is 5.32 Å². The van der Waals surface area contributed by atoms with Crippen LogP contribution in [-0.2, 0) is 16.6 Å². The summed E-state index contributed by atoms with van der Waals surface area (Å²) >= 11 is 0. The molecular formula is C24H29FN2O. The second kappa shape index (κ2) is 8.59. The predicted molar refractivity (Wildman–Crippen MR) is 108 cm³/mol. The van der Waals surface area contributed by atoms with Crippen LogP contribution in [0.4, 0.5) is 4.39 Å². The SMILES string of the molecule is Fc1cc#ccc1CCNCC[C@@]1(c2ccccn2)CCOC2(CCCC2)C1. The molecule has 28 heavy (non-hydrogen) atoms. The molecule has 2 heterocycles. The summed E-state index contributed by atoms with van der Waals surface area (Å²) in [6.07, 6.45) is 10.6. The van der Waals surface area contributed by atoms with Gasteiger partial charge >= 0.3 is 0 Å². The Balaban J connectivity index is 1.40. The maximum absolute atomic E-state index is 13.7. The average Bonchev–Trinajstić information content (AvgIpc) is 3.17. The maximum atomic E-state index is 13.7. The number of aromatic nitrogens is 1. The Hall–Kier alpha value is -1.96. The topological polar surface area (TPSA) is 34.2 Å². The Morgan fingerprint density at radius 1 is 1.11 bits per heavy atom. The fourth-order valence-corrected chi connectivity index (χ4v) is 5.06. The van der Waals surface area contributed by atoms with E-state index in [4.69, 9.17) is 9.72 Å². The number of nitrogens with one attached hydrogen (secondary N) is 1. The second-order valence-corrected chi connectivity index (χ2v) is 8.36. The monoisotopic (exact) mass is 380 g/mol. The smallest absolute Gasteiger partial charge is 0.135 e. The van der Waals surface area contributed by atoms with Crippen molar-refractivity contribution in [2.24, 2.45) is 0 Å². The van der Waals surface area contributed by atoms with Crippen molar-refractivity contribution < 1.29 is 9.13 Å². The number of rotatable bonds is 7. The third kappa shape index (κ3) is 4.21. The summed E-state index contributed by atoms with van der Waals surface area (Å²) in [7, 11) is 0. The van der Waals surface area contributed by atoms with Gasteiger partial charge in [-0.05, 0) is 75.4 Å². The molecule has 4 heteroatoms. The summed E-state index contributed by atoms with van der Waals surface area (Å²) in [4.78, 5) is 4.75. The molecule has 2 fully saturated rings. The van der Waals surface area contributed by atoms with E-state index < -0.39 is 0 Å². The molecule has 0 unspecified atom stereocenters. The van der Waals surface area contributed by atoms with Gasteiger partial charge in [0.1, 0.15) is 5.82 Å². The van der Waals surface area contributed by atoms with Gasteiger partial charge in [-0.3, -0.25) is 4.98 Å². The number of ether oxygens (including phenoxy) is 1. The standard InChI is InChI=1S/C24H29FN2O/c25-21-8-2-1-7-20(21)10-16-26-17-13-23(22-9-3-6-15-27-22)14-18-28-24(19-23)11-4-5-12-24/h3,6-9,15,26H,4-5,10-14,16-19H2/t23-/m1/s1. The van der Waals surface area contributed by atoms with Crippen LogP contribution in [-0.4, -0.2) is 30.3 Å². The van der Waals surface area contributed by atoms with Crippen molar-refractivity contribution in [3.63, 3.8) is 0 Å². The van der Waals surface area contributed by atoms with Gasteiger partial charge in [-0.25, -0.2) is 4.39 Å². The van der Waals surface area contributed by atoms with E-state index in [1.807, 2.05) is 12.3 Å². The van der Waals surface area contributed by atoms with Crippen molar-refractivity contribution in [2.75, 3.05) is 19.7 Å². The molecule has 2 aliphatic rings. The van der Waals surface area contributed by atoms with Crippen molar-refractivity contribution in [1.82, 2.24) is 10.3 Å². The van der Waals surface area contributed by atoms with Gasteiger partial charge in [0, 0.05) is 30.0 Å². The van der Waals surface area contributed by atoms with Gasteiger partial charge in [0.2, 0.25) is 0 Å². The summed E-state index contributed by atoms with van der Waals surface area (Å²) < 4.78 is 20.0. The van der Waals surface area contributed by atoms with E-state index in [2.05, 4.69) is 29.6 Å². The molecule has 0 bridgehead atoms. The van der Waals surface area contributed by atoms with Gasteiger partial charge in [0.05, 0.1) is 5.60 Å². The minimum Gasteiger partial charge on any atom is -0.375 e. The Bertz CT molecular complexity index is 760. The first kappa shape index (κ1) is 19.4. The summed E-state index contributed by atoms with van der Waals surface area (Å²) in [5.74, 6) is -0.196. The van der Waals surface area contributed by atoms with E-state index in [9.17, 15) is 4.39 Å². The van der Waals surface area contributed by atoms with E-state index in [0.29, 0.717) is 12.0 Å². The molecule has 1 saturated carbocycles. The van der Waals surface area contributed by atoms with Gasteiger partial charge in [-0.2, -0.15) is 0 Å². The van der Waals surface area contributed by atoms with Crippen LogP contribution in [0.5, 0.6) is 0 Å². The molecule has 148 valence electrons. The molecule has 1 aliphatic carbocycles. The first-order chi connectivity index (χ1) is 13.7. The molecule has 1 spiro atoms. The quantitative estimate of drug-likeness (QED) is 0.723. The number of hydrogen-bond donors (Lipinski definition) is 1. The number of hydrogen-bond acceptors (Lipinski definition) is 3. The summed E-state index contributed by atoms with van der Waals surface area (Å²) in [6.45, 7) is 2.48. The highest BCUT2D eigenvalue weighted by Crippen LogP contribution is 2.49. The molecule has 1 aliphatic heterocycles. The number of halogens is 1. The van der Waals surface area contributed by atoms with E-state index in [-0.39, 0.29) is 16.8 Å². The summed E-state index contributed by atoms with van der Waals surface area (Å²) in [6, 6.07) is 14.8. The third-order valence-electron chi connectivity index (χ3n) is 6.56. The molecule has 4 rings (SSSR count). The highest BCUT2D eigenvalue weighted by Gasteiger charge is 2.48. The van der Waals surface area contributed by atoms with Crippen LogP contribution in [0.1, 0.15) is 56.2 Å². The lowest BCUT2D eigenvalue weighted by Gasteiger charge is -2.46. The van der Waals surface area contributed by atoms with Gasteiger partial charge in [0.15, 0.2) is 0 Å². The van der Waals surface area contributed by atoms with Gasteiger partial charge in [0.25, 0.3) is 0 Å². The Morgan fingerprint density at radius 3 is 2.75 bits per heavy atom. The first-order valence-corrected chi connectivity index (χ1v) is 10.5. The highest BCUT2D eigenvalue weighted by atomic mass is 19.1. The van der Waals surface area contributed by atoms with Gasteiger partial charge in [-0.15, -0.1) is 0 Å². The second-order valence-electron chi connectivity index (χ2n) is 8.36. The van der Waals surface area contributed by atoms with Crippen LogP contribution in [0, 0.1) is 17.9 Å². The molecule has 1 saturated heterocycles. The van der Waals surface area contributed by atoms with Crippen molar-refractivity contribution >= 4 is 0 Å². The molecule has 2 aromatic rings. The van der Waals surface area contributed by atoms with Crippen molar-refractivity contribution in [1.29, 1.82) is 0 Å². The van der Waals surface area contributed by atoms with E-state index in [1.165, 1.54) is 37.4 Å². The lowest BCUT2D eigenvalue weighted by Crippen LogP contribution is -2.47. The number of nitrogens with zero attached hydrogens (tertiary/aromatic N) is 1. The molecule has 1 atom stereocenters. The van der Waals surface area contributed by atoms with Crippen molar-refractivity contribution in [3.8, 4) is 0 Å². The maximum Gasteiger partial charge on any atom is 0.135 e. The Labute approximate surface area is 167 Å². The summed E-state index contributed by atoms with van der Waals surface area (Å²) in [5, 5.41) is 3.52. The molecule has 0 amide bonds. The third-order valence-corrected chi connectivity index (χ3v) is 6.56.